The number of aromatic nitrogens is 1. The zero-order valence-electron chi connectivity index (χ0n) is 17.0. The predicted molar refractivity (Wildman–Crippen MR) is 123 cm³/mol. The van der Waals surface area contributed by atoms with Gasteiger partial charge in [-0.25, -0.2) is 0 Å². The number of nitrogens with zero attached hydrogens (tertiary/aromatic N) is 1. The maximum Gasteiger partial charge on any atom is 0.0588 e. The zero-order valence-corrected chi connectivity index (χ0v) is 17.0. The van der Waals surface area contributed by atoms with Crippen molar-refractivity contribution in [2.75, 3.05) is 0 Å². The number of rotatable bonds is 1. The highest BCUT2D eigenvalue weighted by Gasteiger charge is 2.38. The molecule has 0 aliphatic heterocycles. The third-order valence-corrected chi connectivity index (χ3v) is 6.71. The predicted octanol–water partition coefficient (Wildman–Crippen LogP) is 7.40. The maximum atomic E-state index is 2.49. The number of benzene rings is 4. The molecule has 1 heteroatoms. The topological polar surface area (TPSA) is 4.93 Å². The first kappa shape index (κ1) is 16.6. The second kappa shape index (κ2) is 5.61. The molecule has 1 aliphatic rings. The molecule has 0 fully saturated rings. The van der Waals surface area contributed by atoms with Gasteiger partial charge in [-0.1, -0.05) is 86.6 Å². The summed E-state index contributed by atoms with van der Waals surface area (Å²) in [5, 5.41) is 2.66. The molecule has 0 atom stereocenters. The second-order valence-corrected chi connectivity index (χ2v) is 8.69. The molecule has 0 unspecified atom stereocenters. The molecule has 29 heavy (non-hydrogen) atoms. The molecule has 4 aromatic carbocycles. The van der Waals surface area contributed by atoms with Crippen LogP contribution in [-0.4, -0.2) is 4.57 Å². The summed E-state index contributed by atoms with van der Waals surface area (Å²) in [5.41, 5.74) is 10.7. The fourth-order valence-corrected chi connectivity index (χ4v) is 5.38. The first-order chi connectivity index (χ1) is 14.1. The standard InChI is InChI=1S/C28H23N/c1-18-10-4-8-14-24(18)29-25-15-9-6-12-20(25)22-17-16-21-19-11-5-7-13-23(19)28(2,3)26(21)27(22)29/h4-17H,1-3H3. The summed E-state index contributed by atoms with van der Waals surface area (Å²) in [5.74, 6) is 0. The van der Waals surface area contributed by atoms with Gasteiger partial charge in [0.15, 0.2) is 0 Å². The first-order valence-corrected chi connectivity index (χ1v) is 10.3. The minimum absolute atomic E-state index is 0.0414. The minimum atomic E-state index is -0.0414. The van der Waals surface area contributed by atoms with Gasteiger partial charge in [-0.3, -0.25) is 0 Å². The van der Waals surface area contributed by atoms with Crippen molar-refractivity contribution in [2.24, 2.45) is 0 Å². The maximum absolute atomic E-state index is 2.49. The summed E-state index contributed by atoms with van der Waals surface area (Å²) in [7, 11) is 0. The number of hydrogen-bond acceptors (Lipinski definition) is 0. The van der Waals surface area contributed by atoms with Crippen LogP contribution in [0.15, 0.2) is 84.9 Å². The van der Waals surface area contributed by atoms with E-state index in [-0.39, 0.29) is 5.41 Å². The molecule has 0 amide bonds. The normalized spacial score (nSPS) is 14.3. The van der Waals surface area contributed by atoms with Crippen molar-refractivity contribution >= 4 is 21.8 Å². The van der Waals surface area contributed by atoms with E-state index in [0.717, 1.165) is 0 Å². The quantitative estimate of drug-likeness (QED) is 0.288. The molecule has 0 saturated carbocycles. The fourth-order valence-electron chi connectivity index (χ4n) is 5.38. The molecule has 6 rings (SSSR count). The molecule has 1 nitrogen and oxygen atoms in total. The molecule has 0 bridgehead atoms. The summed E-state index contributed by atoms with van der Waals surface area (Å²) in [6, 6.07) is 31.1. The van der Waals surface area contributed by atoms with E-state index in [1.807, 2.05) is 0 Å². The Hall–Kier alpha value is -3.32. The SMILES string of the molecule is Cc1ccccc1-n1c2ccccc2c2ccc3c(c21)C(C)(C)c1ccccc1-3. The number of para-hydroxylation sites is 2. The second-order valence-electron chi connectivity index (χ2n) is 8.69. The van der Waals surface area contributed by atoms with Crippen molar-refractivity contribution in [1.82, 2.24) is 4.57 Å². The Bertz CT molecular complexity index is 1430. The van der Waals surface area contributed by atoms with Crippen molar-refractivity contribution in [2.45, 2.75) is 26.2 Å². The smallest absolute Gasteiger partial charge is 0.0588 e. The van der Waals surface area contributed by atoms with Gasteiger partial charge >= 0.3 is 0 Å². The van der Waals surface area contributed by atoms with E-state index in [0.29, 0.717) is 0 Å². The van der Waals surface area contributed by atoms with Gasteiger partial charge in [0.1, 0.15) is 0 Å². The van der Waals surface area contributed by atoms with Crippen LogP contribution in [0.5, 0.6) is 0 Å². The van der Waals surface area contributed by atoms with Gasteiger partial charge < -0.3 is 4.57 Å². The zero-order chi connectivity index (χ0) is 19.8. The summed E-state index contributed by atoms with van der Waals surface area (Å²) in [6.07, 6.45) is 0. The average Bonchev–Trinajstić information content (AvgIpc) is 3.19. The molecule has 1 aromatic heterocycles. The third-order valence-electron chi connectivity index (χ3n) is 6.71. The lowest BCUT2D eigenvalue weighted by atomic mass is 9.81. The Balaban J connectivity index is 1.87. The van der Waals surface area contributed by atoms with Crippen LogP contribution in [0.4, 0.5) is 0 Å². The Morgan fingerprint density at radius 2 is 1.38 bits per heavy atom. The van der Waals surface area contributed by atoms with Gasteiger partial charge in [-0.15, -0.1) is 0 Å². The van der Waals surface area contributed by atoms with Crippen molar-refractivity contribution in [1.29, 1.82) is 0 Å². The monoisotopic (exact) mass is 373 g/mol. The summed E-state index contributed by atoms with van der Waals surface area (Å²) in [6.45, 7) is 6.95. The summed E-state index contributed by atoms with van der Waals surface area (Å²) in [4.78, 5) is 0. The van der Waals surface area contributed by atoms with Gasteiger partial charge in [0, 0.05) is 21.9 Å². The number of aryl methyl sites for hydroxylation is 1. The largest absolute Gasteiger partial charge is 0.309 e. The Morgan fingerprint density at radius 3 is 2.24 bits per heavy atom. The van der Waals surface area contributed by atoms with Crippen LogP contribution in [0.25, 0.3) is 38.6 Å². The molecule has 0 N–H and O–H groups in total. The van der Waals surface area contributed by atoms with E-state index in [2.05, 4.69) is 110 Å². The van der Waals surface area contributed by atoms with Crippen LogP contribution in [0.1, 0.15) is 30.5 Å². The number of hydrogen-bond donors (Lipinski definition) is 0. The van der Waals surface area contributed by atoms with E-state index in [1.54, 1.807) is 0 Å². The Labute approximate surface area is 171 Å². The lowest BCUT2D eigenvalue weighted by Gasteiger charge is -2.24. The van der Waals surface area contributed by atoms with Gasteiger partial charge in [0.05, 0.1) is 11.0 Å². The van der Waals surface area contributed by atoms with Crippen LogP contribution >= 0.6 is 0 Å². The Kier molecular flexibility index (Phi) is 3.21. The van der Waals surface area contributed by atoms with Crippen LogP contribution in [0, 0.1) is 6.92 Å². The van der Waals surface area contributed by atoms with Crippen LogP contribution in [-0.2, 0) is 5.41 Å². The number of fused-ring (bicyclic) bond motifs is 7. The van der Waals surface area contributed by atoms with Gasteiger partial charge in [-0.05, 0) is 46.9 Å². The first-order valence-electron chi connectivity index (χ1n) is 10.3. The molecule has 1 aliphatic carbocycles. The third kappa shape index (κ3) is 2.05. The minimum Gasteiger partial charge on any atom is -0.309 e. The van der Waals surface area contributed by atoms with E-state index in [1.165, 1.54) is 55.3 Å². The van der Waals surface area contributed by atoms with E-state index in [4.69, 9.17) is 0 Å². The highest BCUT2D eigenvalue weighted by atomic mass is 15.0. The molecule has 0 saturated heterocycles. The molecule has 0 spiro atoms. The van der Waals surface area contributed by atoms with Crippen LogP contribution < -0.4 is 0 Å². The average molecular weight is 373 g/mol. The van der Waals surface area contributed by atoms with Crippen molar-refractivity contribution in [3.05, 3.63) is 102 Å². The molecule has 5 aromatic rings. The van der Waals surface area contributed by atoms with E-state index in [9.17, 15) is 0 Å². The summed E-state index contributed by atoms with van der Waals surface area (Å²) >= 11 is 0. The highest BCUT2D eigenvalue weighted by Crippen LogP contribution is 2.52. The molecule has 140 valence electrons. The molecule has 1 heterocycles. The van der Waals surface area contributed by atoms with Crippen molar-refractivity contribution < 1.29 is 0 Å². The van der Waals surface area contributed by atoms with Crippen LogP contribution in [0.2, 0.25) is 0 Å². The van der Waals surface area contributed by atoms with Gasteiger partial charge in [0.25, 0.3) is 0 Å². The fraction of sp³-hybridized carbons (Fsp3) is 0.143. The van der Waals surface area contributed by atoms with Crippen molar-refractivity contribution in [3.63, 3.8) is 0 Å². The molecular weight excluding hydrogens is 350 g/mol. The Morgan fingerprint density at radius 1 is 0.655 bits per heavy atom. The lowest BCUT2D eigenvalue weighted by Crippen LogP contribution is -2.16. The van der Waals surface area contributed by atoms with E-state index < -0.39 is 0 Å². The van der Waals surface area contributed by atoms with Gasteiger partial charge in [0.2, 0.25) is 0 Å². The molecular formula is C28H23N. The summed E-state index contributed by atoms with van der Waals surface area (Å²) < 4.78 is 2.49. The van der Waals surface area contributed by atoms with Crippen molar-refractivity contribution in [3.8, 4) is 16.8 Å². The van der Waals surface area contributed by atoms with Crippen LogP contribution in [0.3, 0.4) is 0 Å². The van der Waals surface area contributed by atoms with Gasteiger partial charge in [-0.2, -0.15) is 0 Å². The van der Waals surface area contributed by atoms with E-state index >= 15 is 0 Å². The lowest BCUT2D eigenvalue weighted by molar-refractivity contribution is 0.664. The molecule has 0 radical (unpaired) electrons. The highest BCUT2D eigenvalue weighted by molar-refractivity contribution is 6.13.